The normalized spacial score (nSPS) is 17.1. The van der Waals surface area contributed by atoms with Crippen molar-refractivity contribution in [3.05, 3.63) is 47.2 Å². The Kier molecular flexibility index (Phi) is 20.8. The van der Waals surface area contributed by atoms with Gasteiger partial charge in [-0.2, -0.15) is 5.26 Å². The second-order valence-corrected chi connectivity index (χ2v) is 10.9. The lowest BCUT2D eigenvalue weighted by Gasteiger charge is -2.33. The summed E-state index contributed by atoms with van der Waals surface area (Å²) in [5.74, 6) is 1.45. The third-order valence-electron chi connectivity index (χ3n) is 7.54. The number of nitriles is 1. The molecule has 3 atom stereocenters. The summed E-state index contributed by atoms with van der Waals surface area (Å²) < 4.78 is 5.74. The van der Waals surface area contributed by atoms with Crippen LogP contribution in [0.15, 0.2) is 34.9 Å². The third-order valence-corrected chi connectivity index (χ3v) is 7.54. The maximum absolute atomic E-state index is 13.8. The minimum Gasteiger partial charge on any atom is -0.400 e. The number of benzene rings is 1. The molecule has 3 heterocycles. The second kappa shape index (κ2) is 22.7. The Morgan fingerprint density at radius 1 is 1.07 bits per heavy atom. The number of hydrogen-bond donors (Lipinski definition) is 3. The van der Waals surface area contributed by atoms with Crippen LogP contribution in [0.5, 0.6) is 0 Å². The van der Waals surface area contributed by atoms with Gasteiger partial charge in [0.1, 0.15) is 12.2 Å². The maximum Gasteiger partial charge on any atom is 0.233 e. The Hall–Kier alpha value is -3.75. The van der Waals surface area contributed by atoms with Crippen molar-refractivity contribution in [1.82, 2.24) is 10.1 Å². The van der Waals surface area contributed by atoms with Crippen LogP contribution in [-0.4, -0.2) is 78.8 Å². The fourth-order valence-electron chi connectivity index (χ4n) is 5.42. The summed E-state index contributed by atoms with van der Waals surface area (Å²) >= 11 is 0. The molecule has 1 aromatic carbocycles. The van der Waals surface area contributed by atoms with Crippen LogP contribution in [0.2, 0.25) is 0 Å². The van der Waals surface area contributed by atoms with E-state index in [2.05, 4.69) is 56.5 Å². The van der Waals surface area contributed by atoms with Crippen LogP contribution in [0.25, 0.3) is 0 Å². The summed E-state index contributed by atoms with van der Waals surface area (Å²) in [6, 6.07) is 11.9. The highest BCUT2D eigenvalue weighted by atomic mass is 16.5. The molecule has 2 aliphatic heterocycles. The number of nitrogens with two attached hydrogens (primary N) is 1. The van der Waals surface area contributed by atoms with Crippen molar-refractivity contribution in [2.45, 2.75) is 84.6 Å². The highest BCUT2D eigenvalue weighted by Crippen LogP contribution is 2.37. The van der Waals surface area contributed by atoms with Crippen molar-refractivity contribution in [1.29, 1.82) is 5.26 Å². The van der Waals surface area contributed by atoms with Gasteiger partial charge in [-0.1, -0.05) is 58.3 Å². The molecule has 2 aromatic rings. The molecule has 0 aliphatic carbocycles. The number of primary amides is 1. The Bertz CT molecular complexity index is 1110. The first-order chi connectivity index (χ1) is 21.3. The van der Waals surface area contributed by atoms with E-state index in [1.807, 2.05) is 35.2 Å². The lowest BCUT2D eigenvalue weighted by molar-refractivity contribution is -0.135. The van der Waals surface area contributed by atoms with Crippen LogP contribution >= 0.6 is 0 Å². The standard InChI is InChI=1S/C27H34N4O3.C3H8.CH3NO.2CH4O/c1-18(2)26(24-15-25(29-34-24)30-13-10-21(17-32)11-14-30)27(33)31-12-4-5-23(31)19(3)22-8-6-20(16-28)7-9-22;1-3-2;2-1-3;2*1-2/h6-9,15,17-19,21,23,26H,4-5,10-14H2,1-3H3;3H2,1-2H3;1H,(H2,2,3);2*2H,1H3. The quantitative estimate of drug-likeness (QED) is 0.385. The van der Waals surface area contributed by atoms with Crippen molar-refractivity contribution in [3.8, 4) is 6.07 Å². The highest BCUT2D eigenvalue weighted by molar-refractivity contribution is 5.84. The molecule has 11 heteroatoms. The van der Waals surface area contributed by atoms with E-state index in [4.69, 9.17) is 24.8 Å². The average Bonchev–Trinajstić information content (AvgIpc) is 3.74. The molecule has 0 saturated carbocycles. The van der Waals surface area contributed by atoms with Gasteiger partial charge in [0, 0.05) is 57.8 Å². The smallest absolute Gasteiger partial charge is 0.233 e. The summed E-state index contributed by atoms with van der Waals surface area (Å²) in [5.41, 5.74) is 5.96. The topological polar surface area (TPSA) is 174 Å². The molecule has 0 radical (unpaired) electrons. The molecule has 1 aromatic heterocycles. The van der Waals surface area contributed by atoms with Crippen molar-refractivity contribution in [3.63, 3.8) is 0 Å². The summed E-state index contributed by atoms with van der Waals surface area (Å²) in [6.07, 6.45) is 6.13. The number of anilines is 1. The molecular weight excluding hydrogens is 562 g/mol. The molecule has 4 N–H and O–H groups in total. The van der Waals surface area contributed by atoms with E-state index in [0.717, 1.165) is 77.2 Å². The number of carbonyl (C=O) groups is 3. The number of aldehydes is 1. The highest BCUT2D eigenvalue weighted by Gasteiger charge is 2.39. The molecule has 44 heavy (non-hydrogen) atoms. The van der Waals surface area contributed by atoms with Gasteiger partial charge in [0.05, 0.1) is 11.6 Å². The number of likely N-dealkylation sites (tertiary alicyclic amines) is 1. The number of hydrogen-bond acceptors (Lipinski definition) is 9. The van der Waals surface area contributed by atoms with Gasteiger partial charge in [-0.15, -0.1) is 0 Å². The van der Waals surface area contributed by atoms with Crippen LogP contribution in [0.1, 0.15) is 95.4 Å². The molecule has 4 rings (SSSR count). The fraction of sp³-hybridized carbons (Fsp3) is 0.606. The average molecular weight is 616 g/mol. The third kappa shape index (κ3) is 11.7. The van der Waals surface area contributed by atoms with Crippen LogP contribution < -0.4 is 10.6 Å². The number of aromatic nitrogens is 1. The predicted molar refractivity (Wildman–Crippen MR) is 172 cm³/mol. The van der Waals surface area contributed by atoms with Gasteiger partial charge in [-0.3, -0.25) is 9.59 Å². The molecule has 0 bridgehead atoms. The first-order valence-corrected chi connectivity index (χ1v) is 15.3. The number of amides is 2. The fourth-order valence-corrected chi connectivity index (χ4v) is 5.42. The van der Waals surface area contributed by atoms with Crippen molar-refractivity contribution in [2.24, 2.45) is 17.6 Å². The van der Waals surface area contributed by atoms with Crippen molar-refractivity contribution < 1.29 is 29.1 Å². The summed E-state index contributed by atoms with van der Waals surface area (Å²) in [7, 11) is 2.00. The number of aliphatic hydroxyl groups excluding tert-OH is 2. The first kappa shape index (κ1) is 40.2. The van der Waals surface area contributed by atoms with Crippen molar-refractivity contribution >= 4 is 24.4 Å². The number of aliphatic hydroxyl groups is 2. The van der Waals surface area contributed by atoms with Crippen LogP contribution in [0, 0.1) is 23.2 Å². The summed E-state index contributed by atoms with van der Waals surface area (Å²) in [4.78, 5) is 37.7. The minimum absolute atomic E-state index is 0.0700. The van der Waals surface area contributed by atoms with Gasteiger partial charge in [0.15, 0.2) is 11.6 Å². The van der Waals surface area contributed by atoms with Crippen LogP contribution in [0.3, 0.4) is 0 Å². The monoisotopic (exact) mass is 615 g/mol. The summed E-state index contributed by atoms with van der Waals surface area (Å²) in [6.45, 7) is 12.8. The lowest BCUT2D eigenvalue weighted by atomic mass is 9.88. The van der Waals surface area contributed by atoms with Gasteiger partial charge < -0.3 is 35.1 Å². The number of carbonyl (C=O) groups excluding carboxylic acids is 3. The van der Waals surface area contributed by atoms with E-state index in [1.165, 1.54) is 6.42 Å². The number of piperidine rings is 1. The number of rotatable bonds is 7. The zero-order valence-corrected chi connectivity index (χ0v) is 27.5. The molecule has 2 aliphatic rings. The van der Waals surface area contributed by atoms with E-state index in [9.17, 15) is 9.59 Å². The Balaban J connectivity index is 0.00000165. The van der Waals surface area contributed by atoms with Crippen LogP contribution in [-0.2, 0) is 14.4 Å². The van der Waals surface area contributed by atoms with E-state index in [-0.39, 0.29) is 42.0 Å². The minimum atomic E-state index is -0.387. The molecule has 2 saturated heterocycles. The Morgan fingerprint density at radius 2 is 1.61 bits per heavy atom. The zero-order chi connectivity index (χ0) is 33.7. The molecule has 2 amide bonds. The lowest BCUT2D eigenvalue weighted by Crippen LogP contribution is -2.42. The Labute approximate surface area is 263 Å². The van der Waals surface area contributed by atoms with E-state index < -0.39 is 0 Å². The van der Waals surface area contributed by atoms with Crippen LogP contribution in [0.4, 0.5) is 5.82 Å². The predicted octanol–water partition coefficient (Wildman–Crippen LogP) is 4.23. The maximum atomic E-state index is 13.8. The SMILES string of the molecule is CC(C)C(C(=O)N1CCCC1C(C)c1ccc(C#N)cc1)c1cc(N2CCC(C=O)CC2)no1.CCC.CO.CO.NC=O. The molecule has 2 fully saturated rings. The van der Waals surface area contributed by atoms with Gasteiger partial charge >= 0.3 is 0 Å². The Morgan fingerprint density at radius 3 is 2.09 bits per heavy atom. The van der Waals surface area contributed by atoms with Gasteiger partial charge in [-0.25, -0.2) is 0 Å². The van der Waals surface area contributed by atoms with E-state index >= 15 is 0 Å². The van der Waals surface area contributed by atoms with Crippen molar-refractivity contribution in [2.75, 3.05) is 38.8 Å². The van der Waals surface area contributed by atoms with E-state index in [0.29, 0.717) is 11.3 Å². The summed E-state index contributed by atoms with van der Waals surface area (Å²) in [5, 5.41) is 27.4. The zero-order valence-electron chi connectivity index (χ0n) is 27.5. The van der Waals surface area contributed by atoms with Gasteiger partial charge in [0.2, 0.25) is 12.3 Å². The molecule has 0 spiro atoms. The molecule has 3 unspecified atom stereocenters. The van der Waals surface area contributed by atoms with Gasteiger partial charge in [-0.05, 0) is 49.3 Å². The molecule has 11 nitrogen and oxygen atoms in total. The largest absolute Gasteiger partial charge is 0.400 e. The molecular formula is C33H53N5O6. The van der Waals surface area contributed by atoms with Gasteiger partial charge in [0.25, 0.3) is 0 Å². The number of nitrogens with zero attached hydrogens (tertiary/aromatic N) is 4. The molecule has 246 valence electrons. The second-order valence-electron chi connectivity index (χ2n) is 10.9. The first-order valence-electron chi connectivity index (χ1n) is 15.3. The van der Waals surface area contributed by atoms with E-state index in [1.54, 1.807) is 0 Å².